The van der Waals surface area contributed by atoms with Gasteiger partial charge in [-0.1, -0.05) is 0 Å². The molecular weight excluding hydrogens is 564 g/mol. The van der Waals surface area contributed by atoms with Crippen LogP contribution in [0.1, 0.15) is 36.6 Å². The van der Waals surface area contributed by atoms with Crippen molar-refractivity contribution in [3.8, 4) is 0 Å². The van der Waals surface area contributed by atoms with Crippen molar-refractivity contribution < 1.29 is 88.0 Å². The van der Waals surface area contributed by atoms with Gasteiger partial charge >= 0.3 is 53.7 Å². The predicted molar refractivity (Wildman–Crippen MR) is 116 cm³/mol. The highest BCUT2D eigenvalue weighted by atomic mass is 16.6. The topological polar surface area (TPSA) is 303 Å². The van der Waals surface area contributed by atoms with Crippen LogP contribution in [0.4, 0.5) is 0 Å². The molecule has 18 heteroatoms. The fourth-order valence-corrected chi connectivity index (χ4v) is 4.62. The van der Waals surface area contributed by atoms with Crippen LogP contribution >= 0.6 is 0 Å². The molecule has 0 bridgehead atoms. The molecular formula is C23H12O18. The third-order valence-electron chi connectivity index (χ3n) is 6.37. The minimum atomic E-state index is -3.47. The normalized spacial score (nSPS) is 24.2. The van der Waals surface area contributed by atoms with E-state index in [1.807, 2.05) is 0 Å². The number of aliphatic hydroxyl groups excluding tert-OH is 1. The smallest absolute Gasteiger partial charge is 0.352 e. The fourth-order valence-electron chi connectivity index (χ4n) is 4.62. The Kier molecular flexibility index (Phi) is 6.32. The minimum Gasteiger partial charge on any atom is -0.479 e. The first-order valence-corrected chi connectivity index (χ1v) is 10.7. The van der Waals surface area contributed by atoms with Crippen molar-refractivity contribution in [2.75, 3.05) is 0 Å². The number of ether oxygens (including phenoxy) is 3. The van der Waals surface area contributed by atoms with Gasteiger partial charge in [-0.15, -0.1) is 0 Å². The molecule has 1 aromatic rings. The number of rotatable bonds is 9. The van der Waals surface area contributed by atoms with Gasteiger partial charge in [0.15, 0.2) is 17.6 Å². The SMILES string of the molecule is O=C1OC(=O)C2=CC3(c4cc(C(=O)O)cc(C(=O)O)c4C(=O)O)C(=O)OC(=O)C3(OC(C(=O)O)C(O)C(=O)O)C=C12. The number of benzene rings is 1. The summed E-state index contributed by atoms with van der Waals surface area (Å²) < 4.78 is 14.2. The van der Waals surface area contributed by atoms with Gasteiger partial charge in [-0.2, -0.15) is 0 Å². The Bertz CT molecular complexity index is 1610. The Morgan fingerprint density at radius 2 is 1.32 bits per heavy atom. The second-order valence-corrected chi connectivity index (χ2v) is 8.54. The van der Waals surface area contributed by atoms with Gasteiger partial charge in [-0.3, -0.25) is 4.79 Å². The molecule has 0 aromatic heterocycles. The third kappa shape index (κ3) is 3.85. The van der Waals surface area contributed by atoms with Gasteiger partial charge in [0.05, 0.1) is 27.8 Å². The lowest BCUT2D eigenvalue weighted by molar-refractivity contribution is -0.190. The van der Waals surface area contributed by atoms with E-state index in [1.54, 1.807) is 0 Å². The van der Waals surface area contributed by atoms with Crippen molar-refractivity contribution in [3.63, 3.8) is 0 Å². The van der Waals surface area contributed by atoms with Gasteiger partial charge in [-0.05, 0) is 29.8 Å². The van der Waals surface area contributed by atoms with Crippen molar-refractivity contribution in [2.45, 2.75) is 23.2 Å². The molecule has 212 valence electrons. The molecule has 4 rings (SSSR count). The maximum atomic E-state index is 13.5. The second kappa shape index (κ2) is 9.17. The van der Waals surface area contributed by atoms with Crippen molar-refractivity contribution >= 4 is 53.7 Å². The first-order valence-electron chi connectivity index (χ1n) is 10.7. The summed E-state index contributed by atoms with van der Waals surface area (Å²) >= 11 is 0. The lowest BCUT2D eigenvalue weighted by Crippen LogP contribution is -2.60. The summed E-state index contributed by atoms with van der Waals surface area (Å²) in [5.74, 6) is -17.5. The molecule has 4 unspecified atom stereocenters. The number of aliphatic hydroxyl groups is 1. The van der Waals surface area contributed by atoms with Crippen LogP contribution in [0.15, 0.2) is 35.4 Å². The molecule has 0 amide bonds. The van der Waals surface area contributed by atoms with Crippen LogP contribution < -0.4 is 0 Å². The number of carboxylic acid groups (broad SMARTS) is 5. The van der Waals surface area contributed by atoms with Gasteiger partial charge in [0.25, 0.3) is 0 Å². The van der Waals surface area contributed by atoms with E-state index in [-0.39, 0.29) is 6.08 Å². The van der Waals surface area contributed by atoms with E-state index in [9.17, 15) is 73.8 Å². The predicted octanol–water partition coefficient (Wildman–Crippen LogP) is -2.29. The zero-order chi connectivity index (χ0) is 30.8. The van der Waals surface area contributed by atoms with E-state index in [2.05, 4.69) is 9.47 Å². The summed E-state index contributed by atoms with van der Waals surface area (Å²) in [5, 5.41) is 57.9. The highest BCUT2D eigenvalue weighted by Gasteiger charge is 2.74. The molecule has 2 saturated heterocycles. The van der Waals surface area contributed by atoms with Gasteiger partial charge in [0, 0.05) is 0 Å². The molecule has 4 atom stereocenters. The zero-order valence-corrected chi connectivity index (χ0v) is 19.5. The number of aromatic carboxylic acids is 3. The zero-order valence-electron chi connectivity index (χ0n) is 19.5. The Morgan fingerprint density at radius 3 is 1.80 bits per heavy atom. The quantitative estimate of drug-likeness (QED) is 0.133. The van der Waals surface area contributed by atoms with E-state index in [0.29, 0.717) is 18.2 Å². The van der Waals surface area contributed by atoms with E-state index >= 15 is 0 Å². The van der Waals surface area contributed by atoms with Crippen LogP contribution in [0.3, 0.4) is 0 Å². The van der Waals surface area contributed by atoms with Crippen molar-refractivity contribution in [1.29, 1.82) is 0 Å². The summed E-state index contributed by atoms with van der Waals surface area (Å²) in [6.45, 7) is 0. The first kappa shape index (κ1) is 28.3. The molecule has 6 N–H and O–H groups in total. The number of carboxylic acids is 5. The van der Waals surface area contributed by atoms with Crippen LogP contribution in [-0.4, -0.2) is 102 Å². The number of fused-ring (bicyclic) bond motifs is 2. The standard InChI is InChI=1S/C23H12O18/c24-11(16(31)32)12(17(33)34)41-23-4-8-7(18(35)39-19(8)36)3-22(23,20(37)40-21(23)38)9-2-5(13(25)26)1-6(14(27)28)10(9)15(29)30/h1-4,11-12,24H,(H,25,26)(H,27,28)(H,29,30)(H,31,32)(H,33,34). The van der Waals surface area contributed by atoms with Crippen LogP contribution in [0, 0.1) is 0 Å². The van der Waals surface area contributed by atoms with Crippen LogP contribution in [0.5, 0.6) is 0 Å². The van der Waals surface area contributed by atoms with Crippen molar-refractivity contribution in [1.82, 2.24) is 0 Å². The Morgan fingerprint density at radius 1 is 0.732 bits per heavy atom. The molecule has 41 heavy (non-hydrogen) atoms. The molecule has 2 aliphatic heterocycles. The molecule has 3 aliphatic rings. The maximum Gasteiger partial charge on any atom is 0.352 e. The number of carbonyl (C=O) groups is 9. The average molecular weight is 576 g/mol. The highest BCUT2D eigenvalue weighted by molar-refractivity contribution is 6.23. The van der Waals surface area contributed by atoms with Gasteiger partial charge in [0.1, 0.15) is 0 Å². The van der Waals surface area contributed by atoms with E-state index in [0.717, 1.165) is 0 Å². The molecule has 0 saturated carbocycles. The number of cyclic esters (lactones) is 4. The second-order valence-electron chi connectivity index (χ2n) is 8.54. The van der Waals surface area contributed by atoms with E-state index in [4.69, 9.17) is 4.74 Å². The van der Waals surface area contributed by atoms with Crippen LogP contribution in [0.25, 0.3) is 0 Å². The molecule has 1 aromatic carbocycles. The maximum absolute atomic E-state index is 13.5. The molecule has 2 heterocycles. The number of carbonyl (C=O) groups excluding carboxylic acids is 4. The van der Waals surface area contributed by atoms with Crippen LogP contribution in [-0.2, 0) is 48.4 Å². The van der Waals surface area contributed by atoms with Crippen LogP contribution in [0.2, 0.25) is 0 Å². The van der Waals surface area contributed by atoms with Gasteiger partial charge in [0.2, 0.25) is 5.60 Å². The summed E-state index contributed by atoms with van der Waals surface area (Å²) in [6, 6.07) is 0.759. The molecule has 1 aliphatic carbocycles. The minimum absolute atomic E-state index is 0.285. The van der Waals surface area contributed by atoms with Crippen molar-refractivity contribution in [3.05, 3.63) is 57.7 Å². The lowest BCUT2D eigenvalue weighted by atomic mass is 9.62. The lowest BCUT2D eigenvalue weighted by Gasteiger charge is -2.41. The summed E-state index contributed by atoms with van der Waals surface area (Å²) in [6.07, 6.45) is -5.34. The summed E-state index contributed by atoms with van der Waals surface area (Å²) in [7, 11) is 0. The van der Waals surface area contributed by atoms with E-state index in [1.165, 1.54) is 0 Å². The van der Waals surface area contributed by atoms with Gasteiger partial charge in [-0.25, -0.2) is 38.4 Å². The monoisotopic (exact) mass is 576 g/mol. The highest BCUT2D eigenvalue weighted by Crippen LogP contribution is 2.54. The third-order valence-corrected chi connectivity index (χ3v) is 6.37. The Balaban J connectivity index is 2.23. The molecule has 18 nitrogen and oxygen atoms in total. The summed E-state index contributed by atoms with van der Waals surface area (Å²) in [5.41, 5.74) is -13.4. The molecule has 2 fully saturated rings. The fraction of sp³-hybridized carbons (Fsp3) is 0.174. The number of aliphatic carboxylic acids is 2. The number of esters is 4. The number of hydrogen-bond donors (Lipinski definition) is 6. The molecule has 0 spiro atoms. The van der Waals surface area contributed by atoms with Gasteiger partial charge < -0.3 is 44.8 Å². The van der Waals surface area contributed by atoms with Crippen molar-refractivity contribution in [2.24, 2.45) is 0 Å². The Hall–Kier alpha value is -5.75. The first-order chi connectivity index (χ1) is 19.0. The Labute approximate surface area is 223 Å². The van der Waals surface area contributed by atoms with E-state index < -0.39 is 110 Å². The summed E-state index contributed by atoms with van der Waals surface area (Å²) in [4.78, 5) is 111. The average Bonchev–Trinajstić information content (AvgIpc) is 3.27. The molecule has 0 radical (unpaired) electrons. The largest absolute Gasteiger partial charge is 0.479 e. The number of hydrogen-bond acceptors (Lipinski definition) is 13.